The van der Waals surface area contributed by atoms with Gasteiger partial charge < -0.3 is 10.2 Å². The summed E-state index contributed by atoms with van der Waals surface area (Å²) in [5.41, 5.74) is 1.57. The van der Waals surface area contributed by atoms with Crippen LogP contribution in [0, 0.1) is 0 Å². The maximum atomic E-state index is 11.9. The summed E-state index contributed by atoms with van der Waals surface area (Å²) in [6.45, 7) is 4.38. The molecule has 0 aromatic carbocycles. The first-order valence-corrected chi connectivity index (χ1v) is 6.99. The third-order valence-corrected chi connectivity index (χ3v) is 3.68. The van der Waals surface area contributed by atoms with Gasteiger partial charge in [0.05, 0.1) is 6.54 Å². The molecule has 17 heavy (non-hydrogen) atoms. The lowest BCUT2D eigenvalue weighted by Gasteiger charge is -2.20. The zero-order chi connectivity index (χ0) is 12.1. The predicted octanol–water partition coefficient (Wildman–Crippen LogP) is 2.09. The van der Waals surface area contributed by atoms with Gasteiger partial charge >= 0.3 is 0 Å². The Morgan fingerprint density at radius 2 is 2.35 bits per heavy atom. The number of amides is 1. The van der Waals surface area contributed by atoms with E-state index in [9.17, 15) is 4.79 Å². The van der Waals surface area contributed by atoms with Gasteiger partial charge in [0.15, 0.2) is 0 Å². The molecule has 0 aromatic heterocycles. The van der Waals surface area contributed by atoms with Crippen LogP contribution in [-0.4, -0.2) is 36.5 Å². The summed E-state index contributed by atoms with van der Waals surface area (Å²) in [6.07, 6.45) is 9.70. The highest BCUT2D eigenvalue weighted by Gasteiger charge is 2.30. The van der Waals surface area contributed by atoms with E-state index in [0.717, 1.165) is 19.5 Å². The zero-order valence-corrected chi connectivity index (χ0v) is 10.9. The van der Waals surface area contributed by atoms with Gasteiger partial charge in [0.2, 0.25) is 5.91 Å². The van der Waals surface area contributed by atoms with Crippen LogP contribution in [0.5, 0.6) is 0 Å². The highest BCUT2D eigenvalue weighted by Crippen LogP contribution is 2.26. The van der Waals surface area contributed by atoms with Crippen LogP contribution < -0.4 is 5.32 Å². The molecule has 0 bridgehead atoms. The summed E-state index contributed by atoms with van der Waals surface area (Å²) in [6, 6.07) is 0.548. The van der Waals surface area contributed by atoms with Crippen molar-refractivity contribution in [3.63, 3.8) is 0 Å². The Morgan fingerprint density at radius 3 is 2.94 bits per heavy atom. The van der Waals surface area contributed by atoms with Crippen molar-refractivity contribution in [1.29, 1.82) is 0 Å². The fourth-order valence-electron chi connectivity index (χ4n) is 2.53. The van der Waals surface area contributed by atoms with Crippen LogP contribution in [0.3, 0.4) is 0 Å². The second kappa shape index (κ2) is 6.20. The van der Waals surface area contributed by atoms with E-state index >= 15 is 0 Å². The maximum Gasteiger partial charge on any atom is 0.236 e. The Kier molecular flexibility index (Phi) is 4.60. The first kappa shape index (κ1) is 12.6. The van der Waals surface area contributed by atoms with Crippen molar-refractivity contribution < 1.29 is 4.79 Å². The number of nitrogens with one attached hydrogen (secondary N) is 1. The van der Waals surface area contributed by atoms with Crippen molar-refractivity contribution in [1.82, 2.24) is 10.2 Å². The van der Waals surface area contributed by atoms with Gasteiger partial charge in [0.1, 0.15) is 0 Å². The van der Waals surface area contributed by atoms with E-state index in [-0.39, 0.29) is 5.91 Å². The van der Waals surface area contributed by atoms with Crippen LogP contribution in [0.4, 0.5) is 0 Å². The molecule has 96 valence electrons. The number of hydrogen-bond donors (Lipinski definition) is 1. The van der Waals surface area contributed by atoms with Gasteiger partial charge in [-0.15, -0.1) is 0 Å². The molecule has 0 heterocycles. The molecular formula is C14H24N2O. The van der Waals surface area contributed by atoms with Crippen LogP contribution in [0.2, 0.25) is 0 Å². The van der Waals surface area contributed by atoms with Crippen molar-refractivity contribution >= 4 is 5.91 Å². The SMILES string of the molecule is CCN(C(=O)CNCCC1=CCCC1)C1CC1. The Bertz CT molecular complexity index is 295. The quantitative estimate of drug-likeness (QED) is 0.542. The second-order valence-corrected chi connectivity index (χ2v) is 5.09. The molecule has 0 spiro atoms. The zero-order valence-electron chi connectivity index (χ0n) is 10.9. The minimum absolute atomic E-state index is 0.274. The standard InChI is InChI=1S/C14H24N2O/c1-2-16(13-7-8-13)14(17)11-15-10-9-12-5-3-4-6-12/h5,13,15H,2-4,6-11H2,1H3. The van der Waals surface area contributed by atoms with E-state index in [0.29, 0.717) is 12.6 Å². The van der Waals surface area contributed by atoms with E-state index in [2.05, 4.69) is 18.3 Å². The highest BCUT2D eigenvalue weighted by molar-refractivity contribution is 5.78. The smallest absolute Gasteiger partial charge is 0.236 e. The minimum atomic E-state index is 0.274. The summed E-state index contributed by atoms with van der Waals surface area (Å²) in [5, 5.41) is 3.28. The molecular weight excluding hydrogens is 212 g/mol. The summed E-state index contributed by atoms with van der Waals surface area (Å²) >= 11 is 0. The Balaban J connectivity index is 1.58. The topological polar surface area (TPSA) is 32.3 Å². The lowest BCUT2D eigenvalue weighted by atomic mass is 10.2. The molecule has 0 radical (unpaired) electrons. The summed E-state index contributed by atoms with van der Waals surface area (Å²) < 4.78 is 0. The third kappa shape index (κ3) is 3.84. The van der Waals surface area contributed by atoms with E-state index < -0.39 is 0 Å². The number of rotatable bonds is 7. The molecule has 0 aromatic rings. The number of allylic oxidation sites excluding steroid dienone is 1. The van der Waals surface area contributed by atoms with Gasteiger partial charge in [-0.1, -0.05) is 11.6 Å². The van der Waals surface area contributed by atoms with Gasteiger partial charge in [-0.05, 0) is 52.0 Å². The molecule has 0 unspecified atom stereocenters. The van der Waals surface area contributed by atoms with Gasteiger partial charge in [-0.25, -0.2) is 0 Å². The Morgan fingerprint density at radius 1 is 1.53 bits per heavy atom. The average Bonchev–Trinajstić information content (AvgIpc) is 3.02. The maximum absolute atomic E-state index is 11.9. The van der Waals surface area contributed by atoms with E-state index in [1.54, 1.807) is 5.57 Å². The van der Waals surface area contributed by atoms with Crippen molar-refractivity contribution in [2.24, 2.45) is 0 Å². The summed E-state index contributed by atoms with van der Waals surface area (Å²) in [4.78, 5) is 13.9. The molecule has 0 aliphatic heterocycles. The lowest BCUT2D eigenvalue weighted by Crippen LogP contribution is -2.39. The van der Waals surface area contributed by atoms with Gasteiger partial charge in [-0.3, -0.25) is 4.79 Å². The second-order valence-electron chi connectivity index (χ2n) is 5.09. The fourth-order valence-corrected chi connectivity index (χ4v) is 2.53. The average molecular weight is 236 g/mol. The highest BCUT2D eigenvalue weighted by atomic mass is 16.2. The van der Waals surface area contributed by atoms with Crippen LogP contribution >= 0.6 is 0 Å². The number of nitrogens with zero attached hydrogens (tertiary/aromatic N) is 1. The molecule has 0 saturated heterocycles. The van der Waals surface area contributed by atoms with Gasteiger partial charge in [0.25, 0.3) is 0 Å². The summed E-state index contributed by atoms with van der Waals surface area (Å²) in [5.74, 6) is 0.274. The number of carbonyl (C=O) groups excluding carboxylic acids is 1. The Labute approximate surface area is 104 Å². The molecule has 3 heteroatoms. The van der Waals surface area contributed by atoms with Crippen LogP contribution in [0.25, 0.3) is 0 Å². The fraction of sp³-hybridized carbons (Fsp3) is 0.786. The van der Waals surface area contributed by atoms with E-state index in [1.807, 2.05) is 4.90 Å². The van der Waals surface area contributed by atoms with Gasteiger partial charge in [0, 0.05) is 12.6 Å². The van der Waals surface area contributed by atoms with Crippen LogP contribution in [-0.2, 0) is 4.79 Å². The van der Waals surface area contributed by atoms with Crippen molar-refractivity contribution in [3.05, 3.63) is 11.6 Å². The van der Waals surface area contributed by atoms with Crippen LogP contribution in [0.15, 0.2) is 11.6 Å². The molecule has 2 aliphatic rings. The molecule has 1 fully saturated rings. The van der Waals surface area contributed by atoms with Crippen molar-refractivity contribution in [3.8, 4) is 0 Å². The largest absolute Gasteiger partial charge is 0.339 e. The number of carbonyl (C=O) groups is 1. The lowest BCUT2D eigenvalue weighted by molar-refractivity contribution is -0.130. The molecule has 1 saturated carbocycles. The molecule has 1 N–H and O–H groups in total. The minimum Gasteiger partial charge on any atom is -0.339 e. The molecule has 0 atom stereocenters. The van der Waals surface area contributed by atoms with Crippen molar-refractivity contribution in [2.45, 2.75) is 51.5 Å². The Hall–Kier alpha value is -0.830. The molecule has 2 aliphatic carbocycles. The predicted molar refractivity (Wildman–Crippen MR) is 69.8 cm³/mol. The normalized spacial score (nSPS) is 19.2. The van der Waals surface area contributed by atoms with Crippen molar-refractivity contribution in [2.75, 3.05) is 19.6 Å². The summed E-state index contributed by atoms with van der Waals surface area (Å²) in [7, 11) is 0. The van der Waals surface area contributed by atoms with E-state index in [1.165, 1.54) is 32.1 Å². The van der Waals surface area contributed by atoms with Gasteiger partial charge in [-0.2, -0.15) is 0 Å². The number of likely N-dealkylation sites (N-methyl/N-ethyl adjacent to an activating group) is 1. The van der Waals surface area contributed by atoms with E-state index in [4.69, 9.17) is 0 Å². The monoisotopic (exact) mass is 236 g/mol. The first-order chi connectivity index (χ1) is 8.31. The molecule has 1 amide bonds. The first-order valence-electron chi connectivity index (χ1n) is 6.99. The number of hydrogen-bond acceptors (Lipinski definition) is 2. The molecule has 3 nitrogen and oxygen atoms in total. The third-order valence-electron chi connectivity index (χ3n) is 3.68. The van der Waals surface area contributed by atoms with Crippen LogP contribution in [0.1, 0.15) is 45.4 Å². The molecule has 2 rings (SSSR count).